The Balaban J connectivity index is 0.847. The summed E-state index contributed by atoms with van der Waals surface area (Å²) in [5.74, 6) is 3.38. The molecule has 14 aromatic carbocycles. The number of anilines is 6. The molecular formula is C97H75B2N3O2. The van der Waals surface area contributed by atoms with Gasteiger partial charge in [-0.3, -0.25) is 0 Å². The van der Waals surface area contributed by atoms with Gasteiger partial charge in [0.15, 0.2) is 0 Å². The number of nitrogens with zero attached hydrogens (tertiary/aromatic N) is 3. The Hall–Kier alpha value is -11.8. The lowest BCUT2D eigenvalue weighted by molar-refractivity contribution is 0.487. The molecule has 0 N–H and O–H groups in total. The second-order valence-electron chi connectivity index (χ2n) is 32.7. The van der Waals surface area contributed by atoms with Crippen LogP contribution in [-0.4, -0.2) is 18.0 Å². The molecule has 0 bridgehead atoms. The van der Waals surface area contributed by atoms with Crippen LogP contribution < -0.4 is 52.1 Å². The van der Waals surface area contributed by atoms with Gasteiger partial charge in [-0.15, -0.1) is 0 Å². The van der Waals surface area contributed by atoms with E-state index in [9.17, 15) is 0 Å². The smallest absolute Gasteiger partial charge is 0.256 e. The van der Waals surface area contributed by atoms with Gasteiger partial charge in [0.25, 0.3) is 13.4 Å². The molecule has 4 aliphatic heterocycles. The maximum Gasteiger partial charge on any atom is 0.256 e. The van der Waals surface area contributed by atoms with E-state index in [2.05, 4.69) is 368 Å². The fourth-order valence-electron chi connectivity index (χ4n) is 18.9. The fourth-order valence-corrected chi connectivity index (χ4v) is 18.9. The Morgan fingerprint density at radius 3 is 1.45 bits per heavy atom. The molecule has 0 atom stereocenters. The predicted molar refractivity (Wildman–Crippen MR) is 436 cm³/mol. The van der Waals surface area contributed by atoms with E-state index in [0.717, 1.165) is 112 Å². The first-order chi connectivity index (χ1) is 50.5. The third kappa shape index (κ3) is 8.52. The van der Waals surface area contributed by atoms with E-state index in [1.807, 2.05) is 0 Å². The minimum atomic E-state index is -0.581. The molecule has 5 heterocycles. The lowest BCUT2D eigenvalue weighted by atomic mass is 9.31. The van der Waals surface area contributed by atoms with Crippen molar-refractivity contribution in [1.82, 2.24) is 4.57 Å². The zero-order valence-corrected chi connectivity index (χ0v) is 60.0. The summed E-state index contributed by atoms with van der Waals surface area (Å²) in [6.45, 7) is 20.4. The van der Waals surface area contributed by atoms with Crippen LogP contribution in [0, 0.1) is 0 Å². The van der Waals surface area contributed by atoms with Crippen LogP contribution in [0.4, 0.5) is 34.1 Å². The van der Waals surface area contributed by atoms with Crippen molar-refractivity contribution in [2.45, 2.75) is 84.0 Å². The minimum Gasteiger partial charge on any atom is -0.458 e. The van der Waals surface area contributed by atoms with E-state index >= 15 is 0 Å². The number of hydrogen-bond donors (Lipinski definition) is 0. The van der Waals surface area contributed by atoms with Gasteiger partial charge in [0.1, 0.15) is 23.0 Å². The average molecular weight is 1340 g/mol. The molecule has 5 nitrogen and oxygen atoms in total. The number of rotatable bonds is 5. The summed E-state index contributed by atoms with van der Waals surface area (Å²) >= 11 is 0. The predicted octanol–water partition coefficient (Wildman–Crippen LogP) is 21.2. The summed E-state index contributed by atoms with van der Waals surface area (Å²) in [5, 5.41) is 2.48. The second-order valence-corrected chi connectivity index (χ2v) is 32.7. The molecule has 0 unspecified atom stereocenters. The fraction of sp³-hybridized carbons (Fsp3) is 0.134. The van der Waals surface area contributed by atoms with Crippen molar-refractivity contribution in [3.63, 3.8) is 0 Å². The first kappa shape index (κ1) is 60.9. The summed E-state index contributed by atoms with van der Waals surface area (Å²) in [4.78, 5) is 5.08. The number of benzene rings is 14. The Labute approximate surface area is 609 Å². The van der Waals surface area contributed by atoms with E-state index < -0.39 is 5.41 Å². The molecule has 0 saturated carbocycles. The molecular weight excluding hydrogens is 1260 g/mol. The van der Waals surface area contributed by atoms with Crippen molar-refractivity contribution < 1.29 is 9.47 Å². The Kier molecular flexibility index (Phi) is 12.7. The van der Waals surface area contributed by atoms with Crippen LogP contribution in [-0.2, 0) is 21.7 Å². The van der Waals surface area contributed by atoms with Gasteiger partial charge in [0.2, 0.25) is 0 Å². The topological polar surface area (TPSA) is 29.9 Å². The number of fused-ring (bicyclic) bond motifs is 21. The van der Waals surface area contributed by atoms with Gasteiger partial charge < -0.3 is 23.8 Å². The third-order valence-electron chi connectivity index (χ3n) is 23.7. The summed E-state index contributed by atoms with van der Waals surface area (Å²) in [5.41, 5.74) is 34.7. The van der Waals surface area contributed by atoms with E-state index in [1.165, 1.54) is 88.5 Å². The molecule has 1 spiro atoms. The van der Waals surface area contributed by atoms with Gasteiger partial charge in [-0.2, -0.15) is 0 Å². The zero-order chi connectivity index (χ0) is 70.0. The lowest BCUT2D eigenvalue weighted by Gasteiger charge is -2.43. The Morgan fingerprint density at radius 1 is 0.288 bits per heavy atom. The molecule has 0 fully saturated rings. The summed E-state index contributed by atoms with van der Waals surface area (Å²) in [6, 6.07) is 110. The highest BCUT2D eigenvalue weighted by Gasteiger charge is 2.54. The largest absolute Gasteiger partial charge is 0.458 e. The van der Waals surface area contributed by atoms with Crippen molar-refractivity contribution in [3.8, 4) is 73.2 Å². The first-order valence-corrected chi connectivity index (χ1v) is 36.9. The maximum atomic E-state index is 8.05. The van der Waals surface area contributed by atoms with Crippen molar-refractivity contribution in [3.05, 3.63) is 330 Å². The van der Waals surface area contributed by atoms with Crippen LogP contribution in [0.3, 0.4) is 0 Å². The zero-order valence-electron chi connectivity index (χ0n) is 60.0. The molecule has 2 aliphatic carbocycles. The summed E-state index contributed by atoms with van der Waals surface area (Å²) < 4.78 is 18.1. The molecule has 21 rings (SSSR count). The molecule has 0 radical (unpaired) electrons. The van der Waals surface area contributed by atoms with Crippen LogP contribution >= 0.6 is 0 Å². The number of hydrogen-bond acceptors (Lipinski definition) is 4. The molecule has 7 heteroatoms. The van der Waals surface area contributed by atoms with Gasteiger partial charge in [-0.1, -0.05) is 263 Å². The standard InChI is InChI=1S/C97H75B2N3O2/c1-94(2,3)60-43-46-80(70(51-60)58-27-12-10-13-28-58)102-84-57-88-79(56-78(84)99-77-40-23-25-42-87(77)103-90-55-64(54-86(102)93(90)99)101-81-47-44-61(95(4,5)6)52-71(81)72-53-62(96(7,8)9)45-48-82(72)101)98-76-39-22-24-41-83(76)100(63-29-14-11-15-30-63)85-49-59(50-89(104-88)92(85)98)65-34-26-35-69-68-33-18-21-38-75(68)97(91(65)69)73-36-19-16-31-66(73)67-32-17-20-37-74(67)97/h10-57H,1-9H3. The Morgan fingerprint density at radius 2 is 0.798 bits per heavy atom. The summed E-state index contributed by atoms with van der Waals surface area (Å²) in [7, 11) is 0. The third-order valence-corrected chi connectivity index (χ3v) is 23.7. The molecule has 15 aromatic rings. The van der Waals surface area contributed by atoms with E-state index in [4.69, 9.17) is 9.47 Å². The SMILES string of the molecule is CC(C)(C)c1ccc(N2c3cc4c(cc3B3c5ccccc5Oc5cc(-n6c7ccc(C(C)(C)C)cc7c7cc(C(C)(C)C)ccc76)cc2c53)B2c3ccccc3N(c3ccccc3)c3cc(-c5cccc6c5C5(c7ccccc7-c7ccccc75)c5ccccc5-6)cc(c32)O4)c(-c2ccccc2)c1. The number of ether oxygens (including phenoxy) is 2. The average Bonchev–Trinajstić information content (AvgIpc) is 1.42. The van der Waals surface area contributed by atoms with E-state index in [1.54, 1.807) is 0 Å². The van der Waals surface area contributed by atoms with Crippen LogP contribution in [0.5, 0.6) is 23.0 Å². The highest BCUT2D eigenvalue weighted by molar-refractivity contribution is 7.02. The highest BCUT2D eigenvalue weighted by atomic mass is 16.5. The van der Waals surface area contributed by atoms with Crippen molar-refractivity contribution in [1.29, 1.82) is 0 Å². The summed E-state index contributed by atoms with van der Waals surface area (Å²) in [6.07, 6.45) is 0. The monoisotopic (exact) mass is 1340 g/mol. The van der Waals surface area contributed by atoms with Gasteiger partial charge in [-0.25, -0.2) is 0 Å². The van der Waals surface area contributed by atoms with Gasteiger partial charge in [0, 0.05) is 56.9 Å². The van der Waals surface area contributed by atoms with Gasteiger partial charge in [-0.05, 0) is 206 Å². The van der Waals surface area contributed by atoms with Crippen molar-refractivity contribution in [2.24, 2.45) is 0 Å². The molecule has 6 aliphatic rings. The second kappa shape index (κ2) is 21.6. The number of aromatic nitrogens is 1. The highest BCUT2D eigenvalue weighted by Crippen LogP contribution is 2.65. The molecule has 496 valence electrons. The number of para-hydroxylation sites is 3. The normalized spacial score (nSPS) is 14.4. The molecule has 1 aromatic heterocycles. The van der Waals surface area contributed by atoms with Crippen LogP contribution in [0.1, 0.15) is 101 Å². The van der Waals surface area contributed by atoms with Crippen molar-refractivity contribution >= 4 is 102 Å². The Bertz CT molecular complexity index is 6090. The minimum absolute atomic E-state index is 0.0590. The van der Waals surface area contributed by atoms with Crippen LogP contribution in [0.2, 0.25) is 0 Å². The molecule has 0 saturated heterocycles. The van der Waals surface area contributed by atoms with Gasteiger partial charge in [0.05, 0.1) is 27.8 Å². The molecule has 104 heavy (non-hydrogen) atoms. The van der Waals surface area contributed by atoms with E-state index in [-0.39, 0.29) is 29.7 Å². The van der Waals surface area contributed by atoms with Gasteiger partial charge >= 0.3 is 0 Å². The lowest BCUT2D eigenvalue weighted by Crippen LogP contribution is -2.63. The van der Waals surface area contributed by atoms with Crippen molar-refractivity contribution in [2.75, 3.05) is 9.80 Å². The quantitative estimate of drug-likeness (QED) is 0.161. The van der Waals surface area contributed by atoms with Crippen LogP contribution in [0.25, 0.3) is 72.0 Å². The first-order valence-electron chi connectivity index (χ1n) is 36.9. The van der Waals surface area contributed by atoms with E-state index in [0.29, 0.717) is 0 Å². The molecule has 0 amide bonds. The van der Waals surface area contributed by atoms with Crippen LogP contribution in [0.15, 0.2) is 291 Å². The maximum absolute atomic E-state index is 8.05.